The van der Waals surface area contributed by atoms with Crippen molar-refractivity contribution in [3.05, 3.63) is 75.2 Å². The van der Waals surface area contributed by atoms with E-state index in [1.807, 2.05) is 0 Å². The Morgan fingerprint density at radius 3 is 2.40 bits per heavy atom. The molecular formula is C21H18Cl2FN3O3. The van der Waals surface area contributed by atoms with Crippen LogP contribution in [0.5, 0.6) is 0 Å². The molecule has 0 saturated heterocycles. The lowest BCUT2D eigenvalue weighted by Gasteiger charge is -2.15. The lowest BCUT2D eigenvalue weighted by molar-refractivity contribution is -0.121. The average Bonchev–Trinajstić information content (AvgIpc) is 3.07. The summed E-state index contributed by atoms with van der Waals surface area (Å²) in [5.41, 5.74) is 6.94. The van der Waals surface area contributed by atoms with Gasteiger partial charge in [0, 0.05) is 12.1 Å². The van der Waals surface area contributed by atoms with Crippen molar-refractivity contribution in [2.75, 3.05) is 6.54 Å². The molecule has 2 amide bonds. The first-order chi connectivity index (χ1) is 14.3. The molecule has 0 aliphatic carbocycles. The highest BCUT2D eigenvalue weighted by molar-refractivity contribution is 6.39. The highest BCUT2D eigenvalue weighted by Gasteiger charge is 2.26. The first-order valence-electron chi connectivity index (χ1n) is 9.00. The van der Waals surface area contributed by atoms with Crippen LogP contribution in [0.3, 0.4) is 0 Å². The third kappa shape index (κ3) is 4.80. The Kier molecular flexibility index (Phi) is 6.74. The predicted molar refractivity (Wildman–Crippen MR) is 112 cm³/mol. The van der Waals surface area contributed by atoms with Crippen molar-refractivity contribution < 1.29 is 18.5 Å². The van der Waals surface area contributed by atoms with Crippen LogP contribution in [-0.2, 0) is 11.2 Å². The maximum atomic E-state index is 13.1. The summed E-state index contributed by atoms with van der Waals surface area (Å²) in [5.74, 6) is -1.89. The lowest BCUT2D eigenvalue weighted by Crippen LogP contribution is -2.37. The smallest absolute Gasteiger partial charge is 0.257 e. The summed E-state index contributed by atoms with van der Waals surface area (Å²) in [6.45, 7) is 1.56. The molecule has 1 aromatic heterocycles. The molecule has 0 spiro atoms. The van der Waals surface area contributed by atoms with Gasteiger partial charge in [0.05, 0.1) is 16.0 Å². The van der Waals surface area contributed by atoms with Gasteiger partial charge in [0.1, 0.15) is 22.8 Å². The van der Waals surface area contributed by atoms with Crippen LogP contribution in [-0.4, -0.2) is 23.5 Å². The van der Waals surface area contributed by atoms with Gasteiger partial charge in [-0.2, -0.15) is 0 Å². The Labute approximate surface area is 182 Å². The topological polar surface area (TPSA) is 98.2 Å². The van der Waals surface area contributed by atoms with Gasteiger partial charge in [0.25, 0.3) is 5.91 Å². The fourth-order valence-electron chi connectivity index (χ4n) is 3.02. The molecule has 0 bridgehead atoms. The van der Waals surface area contributed by atoms with E-state index in [2.05, 4.69) is 10.5 Å². The highest BCUT2D eigenvalue weighted by atomic mass is 35.5. The number of benzene rings is 2. The van der Waals surface area contributed by atoms with Crippen molar-refractivity contribution in [1.82, 2.24) is 10.5 Å². The molecule has 0 radical (unpaired) electrons. The van der Waals surface area contributed by atoms with Crippen molar-refractivity contribution >= 4 is 35.0 Å². The van der Waals surface area contributed by atoms with Crippen molar-refractivity contribution in [2.24, 2.45) is 11.7 Å². The van der Waals surface area contributed by atoms with Crippen molar-refractivity contribution in [3.63, 3.8) is 0 Å². The van der Waals surface area contributed by atoms with E-state index in [0.717, 1.165) is 5.56 Å². The first kappa shape index (κ1) is 21.8. The number of aryl methyl sites for hydroxylation is 1. The van der Waals surface area contributed by atoms with E-state index in [-0.39, 0.29) is 35.8 Å². The third-order valence-electron chi connectivity index (χ3n) is 4.60. The molecule has 0 aliphatic heterocycles. The van der Waals surface area contributed by atoms with Crippen LogP contribution in [0.2, 0.25) is 10.0 Å². The van der Waals surface area contributed by atoms with Crippen LogP contribution in [0.25, 0.3) is 11.3 Å². The Bertz CT molecular complexity index is 1060. The second kappa shape index (κ2) is 9.28. The Morgan fingerprint density at radius 2 is 1.80 bits per heavy atom. The molecule has 6 nitrogen and oxygen atoms in total. The van der Waals surface area contributed by atoms with Gasteiger partial charge in [-0.25, -0.2) is 4.39 Å². The molecule has 1 unspecified atom stereocenters. The van der Waals surface area contributed by atoms with Crippen LogP contribution in [0.4, 0.5) is 4.39 Å². The average molecular weight is 450 g/mol. The van der Waals surface area contributed by atoms with Crippen molar-refractivity contribution in [2.45, 2.75) is 13.3 Å². The van der Waals surface area contributed by atoms with Crippen LogP contribution in [0.15, 0.2) is 47.0 Å². The SMILES string of the molecule is Cc1onc(-c2c(Cl)cccc2Cl)c1C(=O)NCC(Cc1ccc(F)cc1)C(N)=O. The number of halogens is 3. The summed E-state index contributed by atoms with van der Waals surface area (Å²) in [6, 6.07) is 10.6. The van der Waals surface area contributed by atoms with Crippen molar-refractivity contribution in [3.8, 4) is 11.3 Å². The number of nitrogens with two attached hydrogens (primary N) is 1. The molecule has 0 aliphatic rings. The molecule has 3 N–H and O–H groups in total. The molecule has 2 aromatic carbocycles. The number of carbonyl (C=O) groups excluding carboxylic acids is 2. The number of nitrogens with zero attached hydrogens (tertiary/aromatic N) is 1. The molecule has 3 rings (SSSR count). The van der Waals surface area contributed by atoms with E-state index >= 15 is 0 Å². The van der Waals surface area contributed by atoms with Gasteiger partial charge in [-0.15, -0.1) is 0 Å². The number of nitrogens with one attached hydrogen (secondary N) is 1. The standard InChI is InChI=1S/C21H18Cl2FN3O3/c1-11-17(19(27-30-11)18-15(22)3-2-4-16(18)23)21(29)26-10-13(20(25)28)9-12-5-7-14(24)8-6-12/h2-8,13H,9-10H2,1H3,(H2,25,28)(H,26,29). The normalized spacial score (nSPS) is 11.9. The van der Waals surface area contributed by atoms with E-state index in [4.69, 9.17) is 33.5 Å². The summed E-state index contributed by atoms with van der Waals surface area (Å²) >= 11 is 12.5. The maximum Gasteiger partial charge on any atom is 0.257 e. The zero-order valence-electron chi connectivity index (χ0n) is 15.9. The van der Waals surface area contributed by atoms with Gasteiger partial charge >= 0.3 is 0 Å². The Hall–Kier alpha value is -2.90. The number of carbonyl (C=O) groups is 2. The van der Waals surface area contributed by atoms with Gasteiger partial charge in [-0.05, 0) is 43.2 Å². The first-order valence-corrected chi connectivity index (χ1v) is 9.76. The fraction of sp³-hybridized carbons (Fsp3) is 0.190. The number of primary amides is 1. The van der Waals surface area contributed by atoms with Gasteiger partial charge in [-0.1, -0.05) is 46.6 Å². The molecule has 9 heteroatoms. The largest absolute Gasteiger partial charge is 0.369 e. The molecule has 0 saturated carbocycles. The summed E-state index contributed by atoms with van der Waals surface area (Å²) in [5, 5.41) is 7.25. The maximum absolute atomic E-state index is 13.1. The second-order valence-corrected chi connectivity index (χ2v) is 7.51. The molecule has 156 valence electrons. The van der Waals surface area contributed by atoms with Crippen LogP contribution in [0.1, 0.15) is 21.7 Å². The van der Waals surface area contributed by atoms with E-state index in [1.54, 1.807) is 37.3 Å². The predicted octanol–water partition coefficient (Wildman–Crippen LogP) is 4.17. The molecule has 1 atom stereocenters. The van der Waals surface area contributed by atoms with Gasteiger partial charge in [0.2, 0.25) is 5.91 Å². The summed E-state index contributed by atoms with van der Waals surface area (Å²) in [7, 11) is 0. The number of hydrogen-bond donors (Lipinski definition) is 2. The molecular weight excluding hydrogens is 432 g/mol. The van der Waals surface area contributed by atoms with E-state index in [9.17, 15) is 14.0 Å². The minimum absolute atomic E-state index is 0.0220. The highest BCUT2D eigenvalue weighted by Crippen LogP contribution is 2.36. The van der Waals surface area contributed by atoms with Crippen LogP contribution >= 0.6 is 23.2 Å². The monoisotopic (exact) mass is 449 g/mol. The van der Waals surface area contributed by atoms with Gasteiger partial charge < -0.3 is 15.6 Å². The lowest BCUT2D eigenvalue weighted by atomic mass is 9.98. The zero-order valence-corrected chi connectivity index (χ0v) is 17.4. The third-order valence-corrected chi connectivity index (χ3v) is 5.23. The number of amides is 2. The summed E-state index contributed by atoms with van der Waals surface area (Å²) in [4.78, 5) is 24.7. The minimum Gasteiger partial charge on any atom is -0.369 e. The Morgan fingerprint density at radius 1 is 1.17 bits per heavy atom. The van der Waals surface area contributed by atoms with E-state index in [1.165, 1.54) is 12.1 Å². The van der Waals surface area contributed by atoms with E-state index < -0.39 is 17.7 Å². The zero-order chi connectivity index (χ0) is 21.8. The summed E-state index contributed by atoms with van der Waals surface area (Å²) < 4.78 is 18.3. The second-order valence-electron chi connectivity index (χ2n) is 6.70. The van der Waals surface area contributed by atoms with E-state index in [0.29, 0.717) is 15.6 Å². The Balaban J connectivity index is 1.79. The molecule has 0 fully saturated rings. The number of rotatable bonds is 7. The van der Waals surface area contributed by atoms with Gasteiger partial charge in [0.15, 0.2) is 0 Å². The van der Waals surface area contributed by atoms with Crippen LogP contribution < -0.4 is 11.1 Å². The summed E-state index contributed by atoms with van der Waals surface area (Å²) in [6.07, 6.45) is 0.252. The van der Waals surface area contributed by atoms with Crippen LogP contribution in [0, 0.1) is 18.7 Å². The number of aromatic nitrogens is 1. The molecule has 30 heavy (non-hydrogen) atoms. The van der Waals surface area contributed by atoms with Gasteiger partial charge in [-0.3, -0.25) is 9.59 Å². The minimum atomic E-state index is -0.688. The molecule has 3 aromatic rings. The fourth-order valence-corrected chi connectivity index (χ4v) is 3.59. The quantitative estimate of drug-likeness (QED) is 0.565. The molecule has 1 heterocycles. The number of hydrogen-bond acceptors (Lipinski definition) is 4. The van der Waals surface area contributed by atoms with Crippen molar-refractivity contribution in [1.29, 1.82) is 0 Å².